The zero-order valence-electron chi connectivity index (χ0n) is 7.02. The van der Waals surface area contributed by atoms with Crippen LogP contribution in [0.15, 0.2) is 18.2 Å². The topological polar surface area (TPSA) is 12.0 Å². The molecule has 1 N–H and O–H groups in total. The Balaban J connectivity index is 0.000000720. The molecule has 1 aromatic carbocycles. The van der Waals surface area contributed by atoms with Crippen molar-refractivity contribution < 1.29 is 1.43 Å². The molecule has 1 atom stereocenters. The summed E-state index contributed by atoms with van der Waals surface area (Å²) in [5.74, 6) is 0.686. The van der Waals surface area contributed by atoms with E-state index in [9.17, 15) is 0 Å². The molecule has 1 aromatic rings. The van der Waals surface area contributed by atoms with E-state index in [1.54, 1.807) is 0 Å². The summed E-state index contributed by atoms with van der Waals surface area (Å²) in [5, 5.41) is 3.39. The first-order valence-corrected chi connectivity index (χ1v) is 4.12. The maximum atomic E-state index is 3.39. The van der Waals surface area contributed by atoms with E-state index in [1.165, 1.54) is 16.8 Å². The summed E-state index contributed by atoms with van der Waals surface area (Å²) in [6.45, 7) is 5.48. The highest BCUT2D eigenvalue weighted by Crippen LogP contribution is 2.31. The smallest absolute Gasteiger partial charge is 0.0379 e. The first-order valence-electron chi connectivity index (χ1n) is 4.12. The maximum absolute atomic E-state index is 3.39. The van der Waals surface area contributed by atoms with Crippen LogP contribution < -0.4 is 5.32 Å². The van der Waals surface area contributed by atoms with Gasteiger partial charge < -0.3 is 5.32 Å². The lowest BCUT2D eigenvalue weighted by atomic mass is 10.0. The molecule has 60 valence electrons. The normalized spacial score (nSPS) is 21.1. The van der Waals surface area contributed by atoms with Gasteiger partial charge in [0.15, 0.2) is 0 Å². The highest BCUT2D eigenvalue weighted by Gasteiger charge is 2.16. The molecule has 0 aromatic heterocycles. The second kappa shape index (κ2) is 2.26. The van der Waals surface area contributed by atoms with Gasteiger partial charge in [0, 0.05) is 19.6 Å². The van der Waals surface area contributed by atoms with Crippen molar-refractivity contribution in [2.45, 2.75) is 19.8 Å². The average molecular weight is 149 g/mol. The summed E-state index contributed by atoms with van der Waals surface area (Å²) < 4.78 is 0. The average Bonchev–Trinajstić information content (AvgIpc) is 2.32. The number of anilines is 1. The van der Waals surface area contributed by atoms with Crippen molar-refractivity contribution in [1.82, 2.24) is 0 Å². The molecule has 0 radical (unpaired) electrons. The van der Waals surface area contributed by atoms with Crippen LogP contribution in [0.25, 0.3) is 0 Å². The number of benzene rings is 1. The van der Waals surface area contributed by atoms with Gasteiger partial charge in [-0.25, -0.2) is 0 Å². The van der Waals surface area contributed by atoms with Crippen LogP contribution in [0.1, 0.15) is 25.4 Å². The van der Waals surface area contributed by atoms with Crippen LogP contribution in [-0.2, 0) is 0 Å². The minimum atomic E-state index is 0. The highest BCUT2D eigenvalue weighted by atomic mass is 14.9. The van der Waals surface area contributed by atoms with Gasteiger partial charge in [-0.1, -0.05) is 19.1 Å². The van der Waals surface area contributed by atoms with E-state index in [0.29, 0.717) is 5.92 Å². The fourth-order valence-electron chi connectivity index (χ4n) is 1.63. The van der Waals surface area contributed by atoms with Crippen LogP contribution in [0.4, 0.5) is 5.69 Å². The zero-order chi connectivity index (χ0) is 7.84. The van der Waals surface area contributed by atoms with Gasteiger partial charge in [0.05, 0.1) is 0 Å². The molecule has 0 aliphatic carbocycles. The monoisotopic (exact) mass is 149 g/mol. The predicted octanol–water partition coefficient (Wildman–Crippen LogP) is 2.77. The van der Waals surface area contributed by atoms with Crippen LogP contribution in [0.2, 0.25) is 0 Å². The first kappa shape index (κ1) is 6.71. The molecule has 0 bridgehead atoms. The van der Waals surface area contributed by atoms with Gasteiger partial charge in [-0.15, -0.1) is 0 Å². The van der Waals surface area contributed by atoms with E-state index in [1.807, 2.05) is 0 Å². The van der Waals surface area contributed by atoms with E-state index >= 15 is 0 Å². The third kappa shape index (κ3) is 1.01. The van der Waals surface area contributed by atoms with Gasteiger partial charge in [-0.2, -0.15) is 0 Å². The summed E-state index contributed by atoms with van der Waals surface area (Å²) in [7, 11) is 0. The Morgan fingerprint density at radius 3 is 3.18 bits per heavy atom. The predicted molar refractivity (Wildman–Crippen MR) is 50.2 cm³/mol. The molecule has 11 heavy (non-hydrogen) atoms. The van der Waals surface area contributed by atoms with Gasteiger partial charge >= 0.3 is 0 Å². The summed E-state index contributed by atoms with van der Waals surface area (Å²) in [6.07, 6.45) is 0. The van der Waals surface area contributed by atoms with Gasteiger partial charge in [0.2, 0.25) is 0 Å². The summed E-state index contributed by atoms with van der Waals surface area (Å²) in [6, 6.07) is 6.64. The molecule has 1 aliphatic heterocycles. The van der Waals surface area contributed by atoms with Crippen molar-refractivity contribution in [2.75, 3.05) is 11.9 Å². The van der Waals surface area contributed by atoms with Crippen LogP contribution in [0.3, 0.4) is 0 Å². The van der Waals surface area contributed by atoms with Gasteiger partial charge in [-0.3, -0.25) is 0 Å². The number of fused-ring (bicyclic) bond motifs is 1. The second-order valence-corrected chi connectivity index (χ2v) is 3.37. The molecule has 0 saturated carbocycles. The van der Waals surface area contributed by atoms with Gasteiger partial charge in [0.25, 0.3) is 0 Å². The third-order valence-corrected chi connectivity index (χ3v) is 2.34. The Morgan fingerprint density at radius 2 is 2.36 bits per heavy atom. The summed E-state index contributed by atoms with van der Waals surface area (Å²) in [4.78, 5) is 0. The van der Waals surface area contributed by atoms with Crippen molar-refractivity contribution in [3.63, 3.8) is 0 Å². The van der Waals surface area contributed by atoms with Gasteiger partial charge in [-0.05, 0) is 24.1 Å². The van der Waals surface area contributed by atoms with E-state index in [4.69, 9.17) is 0 Å². The van der Waals surface area contributed by atoms with E-state index in [-0.39, 0.29) is 1.43 Å². The first-order chi connectivity index (χ1) is 5.27. The molecule has 0 spiro atoms. The van der Waals surface area contributed by atoms with Crippen LogP contribution in [-0.4, -0.2) is 6.54 Å². The number of hydrogen-bond donors (Lipinski definition) is 1. The Morgan fingerprint density at radius 1 is 1.55 bits per heavy atom. The van der Waals surface area contributed by atoms with Crippen molar-refractivity contribution in [2.24, 2.45) is 0 Å². The number of nitrogens with one attached hydrogen (secondary N) is 1. The van der Waals surface area contributed by atoms with E-state index in [2.05, 4.69) is 37.4 Å². The largest absolute Gasteiger partial charge is 0.384 e. The molecule has 1 unspecified atom stereocenters. The van der Waals surface area contributed by atoms with Crippen molar-refractivity contribution >= 4 is 5.69 Å². The van der Waals surface area contributed by atoms with E-state index < -0.39 is 0 Å². The fourth-order valence-corrected chi connectivity index (χ4v) is 1.63. The zero-order valence-corrected chi connectivity index (χ0v) is 7.02. The quantitative estimate of drug-likeness (QED) is 0.598. The molecular weight excluding hydrogens is 134 g/mol. The van der Waals surface area contributed by atoms with Crippen LogP contribution in [0, 0.1) is 6.92 Å². The lowest BCUT2D eigenvalue weighted by Gasteiger charge is -2.01. The van der Waals surface area contributed by atoms with Crippen molar-refractivity contribution in [3.8, 4) is 0 Å². The minimum Gasteiger partial charge on any atom is -0.384 e. The Kier molecular flexibility index (Phi) is 1.38. The van der Waals surface area contributed by atoms with Crippen LogP contribution >= 0.6 is 0 Å². The molecule has 2 rings (SSSR count). The number of hydrogen-bond acceptors (Lipinski definition) is 1. The highest BCUT2D eigenvalue weighted by molar-refractivity contribution is 5.58. The molecule has 1 aliphatic rings. The second-order valence-electron chi connectivity index (χ2n) is 3.37. The summed E-state index contributed by atoms with van der Waals surface area (Å²) in [5.41, 5.74) is 4.14. The van der Waals surface area contributed by atoms with Crippen molar-refractivity contribution in [1.29, 1.82) is 0 Å². The maximum Gasteiger partial charge on any atom is 0.0379 e. The Labute approximate surface area is 68.9 Å². The Bertz CT molecular complexity index is 283. The SMILES string of the molecule is Cc1ccc2c(c1)NCC2C.[HH]. The fraction of sp³-hybridized carbons (Fsp3) is 0.400. The van der Waals surface area contributed by atoms with Crippen LogP contribution in [0.5, 0.6) is 0 Å². The lowest BCUT2D eigenvalue weighted by Crippen LogP contribution is -1.95. The van der Waals surface area contributed by atoms with E-state index in [0.717, 1.165) is 6.54 Å². The molecule has 0 fully saturated rings. The van der Waals surface area contributed by atoms with Crippen molar-refractivity contribution in [3.05, 3.63) is 29.3 Å². The molecule has 1 nitrogen and oxygen atoms in total. The third-order valence-electron chi connectivity index (χ3n) is 2.34. The molecule has 1 heteroatoms. The minimum absolute atomic E-state index is 0. The Hall–Kier alpha value is -0.980. The number of aryl methyl sites for hydroxylation is 1. The summed E-state index contributed by atoms with van der Waals surface area (Å²) >= 11 is 0. The molecule has 1 heterocycles. The number of rotatable bonds is 0. The van der Waals surface area contributed by atoms with Gasteiger partial charge in [0.1, 0.15) is 0 Å². The molecular formula is C10H15N. The standard InChI is InChI=1S/C10H13N.H2/c1-7-3-4-9-8(2)6-11-10(9)5-7;/h3-5,8,11H,6H2,1-2H3;1H. The molecule has 0 saturated heterocycles. The lowest BCUT2D eigenvalue weighted by molar-refractivity contribution is 0.854. The molecule has 0 amide bonds.